The summed E-state index contributed by atoms with van der Waals surface area (Å²) in [6.45, 7) is 0. The van der Waals surface area contributed by atoms with E-state index in [0.717, 1.165) is 16.7 Å². The zero-order valence-electron chi connectivity index (χ0n) is 9.53. The van der Waals surface area contributed by atoms with Gasteiger partial charge in [0.15, 0.2) is 0 Å². The second kappa shape index (κ2) is 5.34. The summed E-state index contributed by atoms with van der Waals surface area (Å²) >= 11 is 11.9. The summed E-state index contributed by atoms with van der Waals surface area (Å²) in [5.74, 6) is 0. The van der Waals surface area contributed by atoms with Gasteiger partial charge in [-0.2, -0.15) is 0 Å². The number of halogens is 2. The fourth-order valence-electron chi connectivity index (χ4n) is 1.68. The van der Waals surface area contributed by atoms with Crippen molar-refractivity contribution < 1.29 is 0 Å². The molecule has 2 aromatic carbocycles. The van der Waals surface area contributed by atoms with Gasteiger partial charge in [0.25, 0.3) is 0 Å². The number of benzene rings is 2. The number of hydrogen-bond donors (Lipinski definition) is 2. The second-order valence-electron chi connectivity index (χ2n) is 3.88. The Hall–Kier alpha value is -1.64. The van der Waals surface area contributed by atoms with E-state index in [1.807, 2.05) is 48.5 Å². The van der Waals surface area contributed by atoms with Gasteiger partial charge in [0.2, 0.25) is 0 Å². The lowest BCUT2D eigenvalue weighted by molar-refractivity contribution is 1.54. The lowest BCUT2D eigenvalue weighted by Gasteiger charge is -2.09. The van der Waals surface area contributed by atoms with E-state index in [1.54, 1.807) is 0 Å². The number of anilines is 2. The number of nitrogen functional groups attached to an aromatic ring is 2. The van der Waals surface area contributed by atoms with E-state index in [2.05, 4.69) is 0 Å². The molecule has 2 aromatic rings. The van der Waals surface area contributed by atoms with E-state index in [4.69, 9.17) is 34.7 Å². The third kappa shape index (κ3) is 2.78. The average Bonchev–Trinajstić information content (AvgIpc) is 2.34. The Kier molecular flexibility index (Phi) is 3.80. The summed E-state index contributed by atoms with van der Waals surface area (Å²) in [5, 5.41) is 0. The highest BCUT2D eigenvalue weighted by molar-refractivity contribution is 6.59. The highest BCUT2D eigenvalue weighted by Gasteiger charge is 2.09. The van der Waals surface area contributed by atoms with Crippen LogP contribution >= 0.6 is 23.2 Å². The molecule has 4 heteroatoms. The fraction of sp³-hybridized carbons (Fsp3) is 0. The van der Waals surface area contributed by atoms with Crippen molar-refractivity contribution in [1.82, 2.24) is 0 Å². The largest absolute Gasteiger partial charge is 0.399 e. The number of hydrogen-bond acceptors (Lipinski definition) is 2. The molecule has 0 amide bonds. The quantitative estimate of drug-likeness (QED) is 0.815. The van der Waals surface area contributed by atoms with Crippen molar-refractivity contribution in [2.75, 3.05) is 11.5 Å². The van der Waals surface area contributed by atoms with E-state index in [-0.39, 0.29) is 4.49 Å². The number of rotatable bonds is 2. The maximum absolute atomic E-state index is 5.97. The van der Waals surface area contributed by atoms with Crippen molar-refractivity contribution in [2.45, 2.75) is 0 Å². The van der Waals surface area contributed by atoms with E-state index in [9.17, 15) is 0 Å². The normalized spacial score (nSPS) is 10.1. The van der Waals surface area contributed by atoms with Crippen LogP contribution in [0.2, 0.25) is 0 Å². The molecule has 0 heterocycles. The van der Waals surface area contributed by atoms with Crippen LogP contribution in [0.4, 0.5) is 11.4 Å². The van der Waals surface area contributed by atoms with E-state index in [0.29, 0.717) is 11.4 Å². The predicted octanol–water partition coefficient (Wildman–Crippen LogP) is 4.05. The standard InChI is InChI=1S/C14H12Cl2N2/c15-14(16)13(9-1-5-11(17)6-2-9)10-3-7-12(18)8-4-10/h1-8H,17-18H2. The Balaban J connectivity index is 2.51. The first kappa shape index (κ1) is 12.8. The van der Waals surface area contributed by atoms with Gasteiger partial charge >= 0.3 is 0 Å². The minimum atomic E-state index is 0.213. The van der Waals surface area contributed by atoms with Crippen molar-refractivity contribution in [3.63, 3.8) is 0 Å². The molecule has 92 valence electrons. The summed E-state index contributed by atoms with van der Waals surface area (Å²) < 4.78 is 0.213. The lowest BCUT2D eigenvalue weighted by Crippen LogP contribution is -1.92. The summed E-state index contributed by atoms with van der Waals surface area (Å²) in [6, 6.07) is 14.8. The number of nitrogens with two attached hydrogens (primary N) is 2. The maximum atomic E-state index is 5.97. The molecule has 0 fully saturated rings. The molecular formula is C14H12Cl2N2. The van der Waals surface area contributed by atoms with Gasteiger partial charge in [0, 0.05) is 16.9 Å². The van der Waals surface area contributed by atoms with Crippen LogP contribution in [0.5, 0.6) is 0 Å². The average molecular weight is 279 g/mol. The third-order valence-electron chi connectivity index (χ3n) is 2.59. The van der Waals surface area contributed by atoms with E-state index < -0.39 is 0 Å². The molecule has 0 aliphatic heterocycles. The van der Waals surface area contributed by atoms with Crippen LogP contribution in [-0.2, 0) is 0 Å². The third-order valence-corrected chi connectivity index (χ3v) is 2.97. The monoisotopic (exact) mass is 278 g/mol. The molecule has 0 aromatic heterocycles. The molecule has 0 radical (unpaired) electrons. The van der Waals surface area contributed by atoms with Gasteiger partial charge in [-0.3, -0.25) is 0 Å². The van der Waals surface area contributed by atoms with Gasteiger partial charge in [-0.15, -0.1) is 0 Å². The molecule has 0 bridgehead atoms. The van der Waals surface area contributed by atoms with Gasteiger partial charge in [0.05, 0.1) is 0 Å². The zero-order valence-corrected chi connectivity index (χ0v) is 11.0. The molecule has 0 spiro atoms. The van der Waals surface area contributed by atoms with Crippen molar-refractivity contribution in [1.29, 1.82) is 0 Å². The SMILES string of the molecule is Nc1ccc(C(=C(Cl)Cl)c2ccc(N)cc2)cc1. The van der Waals surface area contributed by atoms with Crippen LogP contribution in [0.1, 0.15) is 11.1 Å². The first-order valence-corrected chi connectivity index (χ1v) is 6.10. The highest BCUT2D eigenvalue weighted by Crippen LogP contribution is 2.31. The van der Waals surface area contributed by atoms with Crippen molar-refractivity contribution in [2.24, 2.45) is 0 Å². The van der Waals surface area contributed by atoms with Crippen molar-refractivity contribution in [3.05, 3.63) is 64.1 Å². The fourth-order valence-corrected chi connectivity index (χ4v) is 2.12. The molecule has 18 heavy (non-hydrogen) atoms. The predicted molar refractivity (Wildman–Crippen MR) is 79.4 cm³/mol. The minimum absolute atomic E-state index is 0.213. The second-order valence-corrected chi connectivity index (χ2v) is 4.83. The Labute approximate surface area is 116 Å². The molecule has 4 N–H and O–H groups in total. The minimum Gasteiger partial charge on any atom is -0.399 e. The van der Waals surface area contributed by atoms with E-state index >= 15 is 0 Å². The van der Waals surface area contributed by atoms with Gasteiger partial charge in [-0.05, 0) is 35.4 Å². The van der Waals surface area contributed by atoms with Gasteiger partial charge < -0.3 is 11.5 Å². The summed E-state index contributed by atoms with van der Waals surface area (Å²) in [4.78, 5) is 0. The molecule has 0 aliphatic carbocycles. The lowest BCUT2D eigenvalue weighted by atomic mass is 9.99. The van der Waals surface area contributed by atoms with Crippen molar-refractivity contribution in [3.8, 4) is 0 Å². The Morgan fingerprint density at radius 3 is 1.28 bits per heavy atom. The molecule has 0 atom stereocenters. The maximum Gasteiger partial charge on any atom is 0.115 e. The molecule has 2 rings (SSSR count). The zero-order chi connectivity index (χ0) is 13.1. The molecule has 0 saturated carbocycles. The molecular weight excluding hydrogens is 267 g/mol. The van der Waals surface area contributed by atoms with Crippen LogP contribution < -0.4 is 11.5 Å². The molecule has 2 nitrogen and oxygen atoms in total. The van der Waals surface area contributed by atoms with Crippen LogP contribution in [0.3, 0.4) is 0 Å². The molecule has 0 unspecified atom stereocenters. The van der Waals surface area contributed by atoms with Crippen molar-refractivity contribution >= 4 is 40.1 Å². The summed E-state index contributed by atoms with van der Waals surface area (Å²) in [5.41, 5.74) is 15.3. The Morgan fingerprint density at radius 1 is 0.667 bits per heavy atom. The molecule has 0 aliphatic rings. The van der Waals surface area contributed by atoms with Gasteiger partial charge in [-0.25, -0.2) is 0 Å². The van der Waals surface area contributed by atoms with Gasteiger partial charge in [0.1, 0.15) is 4.49 Å². The first-order valence-electron chi connectivity index (χ1n) is 5.35. The molecule has 0 saturated heterocycles. The van der Waals surface area contributed by atoms with Crippen LogP contribution in [0, 0.1) is 0 Å². The summed E-state index contributed by atoms with van der Waals surface area (Å²) in [7, 11) is 0. The smallest absolute Gasteiger partial charge is 0.115 e. The van der Waals surface area contributed by atoms with Crippen LogP contribution in [-0.4, -0.2) is 0 Å². The van der Waals surface area contributed by atoms with Crippen LogP contribution in [0.15, 0.2) is 53.0 Å². The highest BCUT2D eigenvalue weighted by atomic mass is 35.5. The summed E-state index contributed by atoms with van der Waals surface area (Å²) in [6.07, 6.45) is 0. The first-order chi connectivity index (χ1) is 8.58. The topological polar surface area (TPSA) is 52.0 Å². The Morgan fingerprint density at radius 2 is 1.00 bits per heavy atom. The van der Waals surface area contributed by atoms with Gasteiger partial charge in [-0.1, -0.05) is 47.5 Å². The van der Waals surface area contributed by atoms with E-state index in [1.165, 1.54) is 0 Å². The van der Waals surface area contributed by atoms with Crippen LogP contribution in [0.25, 0.3) is 5.57 Å². The Bertz CT molecular complexity index is 520.